The molecule has 5 aliphatic carbocycles. The molecule has 11 N–H and O–H groups in total. The zero-order chi connectivity index (χ0) is 58.6. The third kappa shape index (κ3) is 13.0. The lowest BCUT2D eigenvalue weighted by Crippen LogP contribution is -2.66. The van der Waals surface area contributed by atoms with Crippen molar-refractivity contribution in [3.05, 3.63) is 11.6 Å². The number of methoxy groups -OCH3 is 1. The van der Waals surface area contributed by atoms with E-state index in [-0.39, 0.29) is 58.3 Å². The number of rotatable bonds is 27. The Balaban J connectivity index is 0.950. The number of aldehydes is 1. The maximum Gasteiger partial charge on any atom is 0.226 e. The first-order valence-electron chi connectivity index (χ1n) is 30.8. The summed E-state index contributed by atoms with van der Waals surface area (Å²) in [5, 5.41) is 109. The van der Waals surface area contributed by atoms with E-state index in [0.29, 0.717) is 6.42 Å². The van der Waals surface area contributed by atoms with Crippen molar-refractivity contribution in [2.75, 3.05) is 33.5 Å². The molecule has 1 amide bonds. The van der Waals surface area contributed by atoms with Crippen LogP contribution in [0.5, 0.6) is 0 Å². The number of allylic oxidation sites excluding steroid dienone is 2. The highest BCUT2D eigenvalue weighted by Gasteiger charge is 2.70. The second kappa shape index (κ2) is 27.3. The Morgan fingerprint density at radius 2 is 1.32 bits per heavy atom. The van der Waals surface area contributed by atoms with Crippen LogP contribution in [0.15, 0.2) is 11.6 Å². The summed E-state index contributed by atoms with van der Waals surface area (Å²) < 4.78 is 34.3. The van der Waals surface area contributed by atoms with Crippen LogP contribution >= 0.6 is 0 Å². The molecule has 19 heteroatoms. The molecular formula is C61H105NO18. The summed E-state index contributed by atoms with van der Waals surface area (Å²) in [5.74, 6) is 0.602. The van der Waals surface area contributed by atoms with Crippen LogP contribution in [0.1, 0.15) is 183 Å². The quantitative estimate of drug-likeness (QED) is 0.0234. The summed E-state index contributed by atoms with van der Waals surface area (Å²) in [6.07, 6.45) is 0.778. The van der Waals surface area contributed by atoms with E-state index in [4.69, 9.17) is 28.4 Å². The van der Waals surface area contributed by atoms with E-state index in [9.17, 15) is 60.7 Å². The van der Waals surface area contributed by atoms with Gasteiger partial charge in [-0.05, 0) is 116 Å². The minimum absolute atomic E-state index is 0.0751. The molecule has 7 aliphatic rings. The Hall–Kier alpha value is -1.76. The molecular weight excluding hydrogens is 1030 g/mol. The van der Waals surface area contributed by atoms with E-state index >= 15 is 0 Å². The first-order chi connectivity index (χ1) is 37.8. The van der Waals surface area contributed by atoms with Gasteiger partial charge in [0, 0.05) is 13.7 Å². The molecule has 19 nitrogen and oxygen atoms in total. The summed E-state index contributed by atoms with van der Waals surface area (Å²) in [6.45, 7) is 15.4. The lowest BCUT2D eigenvalue weighted by Gasteiger charge is -2.71. The predicted molar refractivity (Wildman–Crippen MR) is 295 cm³/mol. The van der Waals surface area contributed by atoms with E-state index in [0.717, 1.165) is 83.5 Å². The second-order valence-electron chi connectivity index (χ2n) is 27.3. The summed E-state index contributed by atoms with van der Waals surface area (Å²) in [5.41, 5.74) is -0.283. The molecule has 80 heavy (non-hydrogen) atoms. The molecule has 16 unspecified atom stereocenters. The van der Waals surface area contributed by atoms with Gasteiger partial charge in [-0.1, -0.05) is 118 Å². The first kappa shape index (κ1) is 65.8. The monoisotopic (exact) mass is 1140 g/mol. The van der Waals surface area contributed by atoms with Crippen molar-refractivity contribution < 1.29 is 89.1 Å². The van der Waals surface area contributed by atoms with E-state index in [1.165, 1.54) is 64.0 Å². The van der Waals surface area contributed by atoms with Crippen molar-refractivity contribution in [2.45, 2.75) is 275 Å². The Kier molecular flexibility index (Phi) is 22.4. The van der Waals surface area contributed by atoms with Crippen LogP contribution in [-0.2, 0) is 38.0 Å². The molecule has 6 fully saturated rings. The van der Waals surface area contributed by atoms with Gasteiger partial charge >= 0.3 is 0 Å². The molecule has 2 heterocycles. The number of unbranched alkanes of at least 4 members (excludes halogenated alkanes) is 9. The molecule has 4 saturated carbocycles. The number of hydrogen-bond donors (Lipinski definition) is 11. The fourth-order valence-electron chi connectivity index (χ4n) is 16.6. The van der Waals surface area contributed by atoms with Crippen molar-refractivity contribution in [3.8, 4) is 0 Å². The van der Waals surface area contributed by atoms with Gasteiger partial charge in [0.05, 0.1) is 42.9 Å². The fraction of sp³-hybridized carbons (Fsp3) is 0.934. The Morgan fingerprint density at radius 3 is 1.95 bits per heavy atom. The molecule has 0 aromatic heterocycles. The number of carbonyl (C=O) groups excluding carboxylic acids is 2. The number of nitrogens with one attached hydrogen (secondary N) is 1. The zero-order valence-corrected chi connectivity index (χ0v) is 49.5. The fourth-order valence-corrected chi connectivity index (χ4v) is 16.6. The number of ether oxygens (including phenoxy) is 6. The number of amides is 1. The Morgan fingerprint density at radius 1 is 0.725 bits per heavy atom. The van der Waals surface area contributed by atoms with Crippen LogP contribution in [0, 0.1) is 50.2 Å². The number of hydrogen-bond acceptors (Lipinski definition) is 18. The molecule has 0 bridgehead atoms. The number of aliphatic hydroxyl groups excluding tert-OH is 10. The van der Waals surface area contributed by atoms with E-state index in [1.54, 1.807) is 0 Å². The van der Waals surface area contributed by atoms with E-state index < -0.39 is 116 Å². The van der Waals surface area contributed by atoms with Crippen LogP contribution in [0.4, 0.5) is 0 Å². The topological polar surface area (TPSA) is 304 Å². The minimum atomic E-state index is -1.83. The maximum atomic E-state index is 14.7. The Bertz CT molecular complexity index is 2030. The van der Waals surface area contributed by atoms with Crippen molar-refractivity contribution in [1.82, 2.24) is 5.32 Å². The van der Waals surface area contributed by atoms with Gasteiger partial charge in [-0.2, -0.15) is 0 Å². The molecule has 0 radical (unpaired) electrons. The second-order valence-corrected chi connectivity index (χ2v) is 27.3. The van der Waals surface area contributed by atoms with Crippen molar-refractivity contribution in [3.63, 3.8) is 0 Å². The summed E-state index contributed by atoms with van der Waals surface area (Å²) >= 11 is 0. The molecule has 23 atom stereocenters. The third-order valence-corrected chi connectivity index (χ3v) is 22.0. The lowest BCUT2D eigenvalue weighted by atomic mass is 9.33. The van der Waals surface area contributed by atoms with Crippen LogP contribution in [0.25, 0.3) is 0 Å². The van der Waals surface area contributed by atoms with Crippen LogP contribution < -0.4 is 5.32 Å². The van der Waals surface area contributed by atoms with Crippen LogP contribution in [-0.4, -0.2) is 189 Å². The molecule has 2 saturated heterocycles. The third-order valence-electron chi connectivity index (χ3n) is 22.0. The van der Waals surface area contributed by atoms with Gasteiger partial charge in [-0.25, -0.2) is 0 Å². The molecule has 462 valence electrons. The van der Waals surface area contributed by atoms with E-state index in [1.807, 2.05) is 6.92 Å². The molecule has 0 aromatic carbocycles. The van der Waals surface area contributed by atoms with Crippen LogP contribution in [0.2, 0.25) is 0 Å². The summed E-state index contributed by atoms with van der Waals surface area (Å²) in [6, 6.07) is 0. The normalized spacial score (nSPS) is 43.0. The van der Waals surface area contributed by atoms with Gasteiger partial charge < -0.3 is 89.6 Å². The highest BCUT2D eigenvalue weighted by atomic mass is 16.7. The number of aliphatic hydroxyl groups is 10. The SMILES string of the molecule is CCCCCCCCCCCCNC(=O)[C@]12CCC(C)(C)C[C@H]1C1=CCC3[C@@]4(C)CC[C@H](OC(OC)C(O)C(O)C(O)CCOC5OC(COC6OC(CO)C(O)C(O)C6O)C(O)C(O)C5O)[C@@](C)(C=O)C4CC[C@@]3(C)[C@]1(C)CC2. The maximum absolute atomic E-state index is 14.7. The van der Waals surface area contributed by atoms with Gasteiger partial charge in [0.15, 0.2) is 18.9 Å². The first-order valence-corrected chi connectivity index (χ1v) is 30.8. The molecule has 2 aliphatic heterocycles. The van der Waals surface area contributed by atoms with Crippen molar-refractivity contribution >= 4 is 12.2 Å². The van der Waals surface area contributed by atoms with Gasteiger partial charge in [0.25, 0.3) is 0 Å². The van der Waals surface area contributed by atoms with Gasteiger partial charge in [-0.15, -0.1) is 0 Å². The highest BCUT2D eigenvalue weighted by molar-refractivity contribution is 5.84. The smallest absolute Gasteiger partial charge is 0.226 e. The Labute approximate surface area is 475 Å². The van der Waals surface area contributed by atoms with Crippen molar-refractivity contribution in [2.24, 2.45) is 50.2 Å². The molecule has 0 aromatic rings. The average Bonchev–Trinajstić information content (AvgIpc) is 3.45. The lowest BCUT2D eigenvalue weighted by molar-refractivity contribution is -0.331. The average molecular weight is 1140 g/mol. The van der Waals surface area contributed by atoms with Crippen LogP contribution in [0.3, 0.4) is 0 Å². The molecule has 0 spiro atoms. The summed E-state index contributed by atoms with van der Waals surface area (Å²) in [7, 11) is 1.31. The van der Waals surface area contributed by atoms with Crippen molar-refractivity contribution in [1.29, 1.82) is 0 Å². The zero-order valence-electron chi connectivity index (χ0n) is 49.5. The summed E-state index contributed by atoms with van der Waals surface area (Å²) in [4.78, 5) is 28.3. The molecule has 7 rings (SSSR count). The van der Waals surface area contributed by atoms with Gasteiger partial charge in [-0.3, -0.25) is 4.79 Å². The van der Waals surface area contributed by atoms with Gasteiger partial charge in [0.1, 0.15) is 67.3 Å². The standard InChI is InChI=1S/C61H105NO18/c1-9-10-11-12-13-14-15-16-17-18-30-62-55(74)61-28-26-56(2,3)32-37(61)36-19-20-42-57(4)24-22-43(58(5,35-64)41(57)21-25-60(42,7)59(36,6)27-29-61)80-52(75-8)49(71)44(66)38(65)23-31-76-53-50(72)48(70)46(68)40(79-53)34-77-54-51(73)47(69)45(67)39(33-63)78-54/h19,35,37-54,63,65-73H,9-18,20-34H2,1-8H3,(H,62,74)/t37-,38?,39?,40?,41?,42?,43-,44?,45?,46?,47?,48?,49?,50?,51?,52?,53?,54?,57-,58-,59+,60+,61-/m0/s1. The van der Waals surface area contributed by atoms with Gasteiger partial charge in [0.2, 0.25) is 5.91 Å². The largest absolute Gasteiger partial charge is 0.394 e. The highest BCUT2D eigenvalue weighted by Crippen LogP contribution is 2.76. The number of carbonyl (C=O) groups is 2. The number of fused-ring (bicyclic) bond motifs is 7. The predicted octanol–water partition coefficient (Wildman–Crippen LogP) is 4.48. The van der Waals surface area contributed by atoms with E-state index in [2.05, 4.69) is 52.9 Å². The minimum Gasteiger partial charge on any atom is -0.394 e.